The standard InChI is InChI=1S/C19H24N2O3/c1-5-23-17-9-7-6-8-15(17)14-11-10-13(12-16(14)20)21-18(22)24-19(2,3)4/h6-12H,5,20H2,1-4H3,(H,21,22). The predicted octanol–water partition coefficient (Wildman–Crippen LogP) is 4.68. The maximum Gasteiger partial charge on any atom is 0.412 e. The largest absolute Gasteiger partial charge is 0.493 e. The molecule has 0 aliphatic rings. The molecule has 0 radical (unpaired) electrons. The molecule has 2 aromatic rings. The van der Waals surface area contributed by atoms with Crippen molar-refractivity contribution < 1.29 is 14.3 Å². The van der Waals surface area contributed by atoms with Gasteiger partial charge in [0.2, 0.25) is 0 Å². The highest BCUT2D eigenvalue weighted by atomic mass is 16.6. The average molecular weight is 328 g/mol. The number of ether oxygens (including phenoxy) is 2. The highest BCUT2D eigenvalue weighted by Crippen LogP contribution is 2.35. The third-order valence-electron chi connectivity index (χ3n) is 3.17. The summed E-state index contributed by atoms with van der Waals surface area (Å²) in [5.74, 6) is 0.777. The molecule has 2 rings (SSSR count). The highest BCUT2D eigenvalue weighted by molar-refractivity contribution is 5.89. The van der Waals surface area contributed by atoms with Crippen LogP contribution in [0.2, 0.25) is 0 Å². The van der Waals surface area contributed by atoms with Crippen LogP contribution in [-0.4, -0.2) is 18.3 Å². The number of carbonyl (C=O) groups excluding carboxylic acids is 1. The monoisotopic (exact) mass is 328 g/mol. The van der Waals surface area contributed by atoms with Gasteiger partial charge in [-0.2, -0.15) is 0 Å². The summed E-state index contributed by atoms with van der Waals surface area (Å²) in [5.41, 5.74) is 8.53. The SMILES string of the molecule is CCOc1ccccc1-c1ccc(NC(=O)OC(C)(C)C)cc1N. The molecule has 0 heterocycles. The minimum atomic E-state index is -0.550. The first-order valence-corrected chi connectivity index (χ1v) is 7.92. The van der Waals surface area contributed by atoms with Gasteiger partial charge in [0.15, 0.2) is 0 Å². The van der Waals surface area contributed by atoms with Gasteiger partial charge in [0.05, 0.1) is 6.61 Å². The molecule has 0 saturated heterocycles. The van der Waals surface area contributed by atoms with E-state index in [1.165, 1.54) is 0 Å². The normalized spacial score (nSPS) is 11.0. The topological polar surface area (TPSA) is 73.6 Å². The number of anilines is 2. The van der Waals surface area contributed by atoms with Crippen LogP contribution in [0, 0.1) is 0 Å². The van der Waals surface area contributed by atoms with Crippen molar-refractivity contribution in [3.8, 4) is 16.9 Å². The molecule has 128 valence electrons. The first kappa shape index (κ1) is 17.7. The molecule has 24 heavy (non-hydrogen) atoms. The van der Waals surface area contributed by atoms with Crippen molar-refractivity contribution in [2.75, 3.05) is 17.7 Å². The summed E-state index contributed by atoms with van der Waals surface area (Å²) in [6.07, 6.45) is -0.510. The van der Waals surface area contributed by atoms with Gasteiger partial charge in [0.25, 0.3) is 0 Å². The summed E-state index contributed by atoms with van der Waals surface area (Å²) in [6.45, 7) is 7.96. The first-order chi connectivity index (χ1) is 11.3. The van der Waals surface area contributed by atoms with Crippen LogP contribution in [0.5, 0.6) is 5.75 Å². The number of hydrogen-bond acceptors (Lipinski definition) is 4. The zero-order chi connectivity index (χ0) is 17.7. The number of carbonyl (C=O) groups is 1. The molecule has 0 unspecified atom stereocenters. The fraction of sp³-hybridized carbons (Fsp3) is 0.316. The minimum absolute atomic E-state index is 0.510. The molecule has 0 aliphatic heterocycles. The number of nitrogens with two attached hydrogens (primary N) is 1. The van der Waals surface area contributed by atoms with Crippen molar-refractivity contribution in [3.05, 3.63) is 42.5 Å². The molecule has 0 spiro atoms. The van der Waals surface area contributed by atoms with E-state index < -0.39 is 11.7 Å². The third-order valence-corrected chi connectivity index (χ3v) is 3.17. The summed E-state index contributed by atoms with van der Waals surface area (Å²) < 4.78 is 10.9. The first-order valence-electron chi connectivity index (χ1n) is 7.92. The Morgan fingerprint density at radius 2 is 1.83 bits per heavy atom. The lowest BCUT2D eigenvalue weighted by Crippen LogP contribution is -2.27. The van der Waals surface area contributed by atoms with Crippen LogP contribution < -0.4 is 15.8 Å². The van der Waals surface area contributed by atoms with Crippen LogP contribution in [0.15, 0.2) is 42.5 Å². The van der Waals surface area contributed by atoms with Crippen molar-refractivity contribution in [1.82, 2.24) is 0 Å². The van der Waals surface area contributed by atoms with Crippen molar-refractivity contribution in [2.45, 2.75) is 33.3 Å². The van der Waals surface area contributed by atoms with Crippen LogP contribution in [0.25, 0.3) is 11.1 Å². The predicted molar refractivity (Wildman–Crippen MR) is 97.3 cm³/mol. The molecule has 0 bridgehead atoms. The zero-order valence-corrected chi connectivity index (χ0v) is 14.6. The molecular weight excluding hydrogens is 304 g/mol. The summed E-state index contributed by atoms with van der Waals surface area (Å²) in [6, 6.07) is 13.1. The van der Waals surface area contributed by atoms with Gasteiger partial charge in [0, 0.05) is 22.5 Å². The molecule has 0 fully saturated rings. The van der Waals surface area contributed by atoms with E-state index in [0.717, 1.165) is 16.9 Å². The lowest BCUT2D eigenvalue weighted by molar-refractivity contribution is 0.0636. The van der Waals surface area contributed by atoms with Gasteiger partial charge in [-0.15, -0.1) is 0 Å². The number of benzene rings is 2. The molecule has 0 aliphatic carbocycles. The second kappa shape index (κ2) is 7.25. The number of nitrogen functional groups attached to an aromatic ring is 1. The van der Waals surface area contributed by atoms with Crippen LogP contribution in [0.1, 0.15) is 27.7 Å². The minimum Gasteiger partial charge on any atom is -0.493 e. The van der Waals surface area contributed by atoms with Gasteiger partial charge in [-0.1, -0.05) is 24.3 Å². The van der Waals surface area contributed by atoms with Crippen molar-refractivity contribution in [3.63, 3.8) is 0 Å². The average Bonchev–Trinajstić information content (AvgIpc) is 2.47. The van der Waals surface area contributed by atoms with Crippen molar-refractivity contribution >= 4 is 17.5 Å². The smallest absolute Gasteiger partial charge is 0.412 e. The Kier molecular flexibility index (Phi) is 5.34. The molecule has 0 saturated carbocycles. The number of nitrogens with one attached hydrogen (secondary N) is 1. The van der Waals surface area contributed by atoms with E-state index in [1.807, 2.05) is 58.0 Å². The summed E-state index contributed by atoms with van der Waals surface area (Å²) in [7, 11) is 0. The Morgan fingerprint density at radius 1 is 1.12 bits per heavy atom. The van der Waals surface area contributed by atoms with Gasteiger partial charge in [-0.3, -0.25) is 5.32 Å². The van der Waals surface area contributed by atoms with E-state index in [-0.39, 0.29) is 0 Å². The summed E-state index contributed by atoms with van der Waals surface area (Å²) >= 11 is 0. The summed E-state index contributed by atoms with van der Waals surface area (Å²) in [4.78, 5) is 11.8. The van der Waals surface area contributed by atoms with Crippen LogP contribution in [0.4, 0.5) is 16.2 Å². The molecule has 5 heteroatoms. The van der Waals surface area contributed by atoms with Gasteiger partial charge < -0.3 is 15.2 Å². The van der Waals surface area contributed by atoms with Crippen LogP contribution >= 0.6 is 0 Å². The maximum atomic E-state index is 11.8. The number of para-hydroxylation sites is 1. The van der Waals surface area contributed by atoms with Crippen molar-refractivity contribution in [1.29, 1.82) is 0 Å². The lowest BCUT2D eigenvalue weighted by atomic mass is 10.0. The van der Waals surface area contributed by atoms with Gasteiger partial charge in [0.1, 0.15) is 11.4 Å². The molecular formula is C19H24N2O3. The number of hydrogen-bond donors (Lipinski definition) is 2. The van der Waals surface area contributed by atoms with Crippen LogP contribution in [0.3, 0.4) is 0 Å². The van der Waals surface area contributed by atoms with E-state index in [0.29, 0.717) is 18.0 Å². The van der Waals surface area contributed by atoms with E-state index >= 15 is 0 Å². The van der Waals surface area contributed by atoms with E-state index in [4.69, 9.17) is 15.2 Å². The van der Waals surface area contributed by atoms with Gasteiger partial charge in [-0.25, -0.2) is 4.79 Å². The number of rotatable bonds is 4. The summed E-state index contributed by atoms with van der Waals surface area (Å²) in [5, 5.41) is 2.69. The van der Waals surface area contributed by atoms with E-state index in [2.05, 4.69) is 5.32 Å². The van der Waals surface area contributed by atoms with Gasteiger partial charge >= 0.3 is 6.09 Å². The fourth-order valence-corrected chi connectivity index (χ4v) is 2.28. The fourth-order valence-electron chi connectivity index (χ4n) is 2.28. The number of amides is 1. The van der Waals surface area contributed by atoms with E-state index in [9.17, 15) is 4.79 Å². The Hall–Kier alpha value is -2.69. The van der Waals surface area contributed by atoms with Crippen molar-refractivity contribution in [2.24, 2.45) is 0 Å². The Morgan fingerprint density at radius 3 is 2.46 bits per heavy atom. The Bertz CT molecular complexity index is 721. The second-order valence-corrected chi connectivity index (χ2v) is 6.36. The molecule has 0 atom stereocenters. The zero-order valence-electron chi connectivity index (χ0n) is 14.6. The molecule has 2 aromatic carbocycles. The van der Waals surface area contributed by atoms with Crippen LogP contribution in [-0.2, 0) is 4.74 Å². The Balaban J connectivity index is 2.23. The maximum absolute atomic E-state index is 11.8. The lowest BCUT2D eigenvalue weighted by Gasteiger charge is -2.20. The second-order valence-electron chi connectivity index (χ2n) is 6.36. The quantitative estimate of drug-likeness (QED) is 0.799. The highest BCUT2D eigenvalue weighted by Gasteiger charge is 2.17. The molecule has 3 N–H and O–H groups in total. The molecule has 5 nitrogen and oxygen atoms in total. The van der Waals surface area contributed by atoms with E-state index in [1.54, 1.807) is 12.1 Å². The van der Waals surface area contributed by atoms with Gasteiger partial charge in [-0.05, 0) is 45.9 Å². The molecule has 0 aromatic heterocycles. The third kappa shape index (κ3) is 4.65. The molecule has 1 amide bonds. The Labute approximate surface area is 142 Å².